The monoisotopic (exact) mass is 195 g/mol. The summed E-state index contributed by atoms with van der Waals surface area (Å²) in [6.07, 6.45) is 12.4. The Labute approximate surface area is 89.7 Å². The molecule has 0 aromatic heterocycles. The lowest BCUT2D eigenvalue weighted by molar-refractivity contribution is 0.399. The highest BCUT2D eigenvalue weighted by atomic mass is 14.9. The van der Waals surface area contributed by atoms with Gasteiger partial charge in [-0.25, -0.2) is 0 Å². The van der Waals surface area contributed by atoms with E-state index in [-0.39, 0.29) is 0 Å². The van der Waals surface area contributed by atoms with Gasteiger partial charge in [-0.1, -0.05) is 33.6 Å². The van der Waals surface area contributed by atoms with E-state index in [0.717, 1.165) is 12.8 Å². The Morgan fingerprint density at radius 3 is 2.36 bits per heavy atom. The molecule has 0 radical (unpaired) electrons. The quantitative estimate of drug-likeness (QED) is 0.462. The molecule has 0 aliphatic rings. The zero-order chi connectivity index (χ0) is 10.8. The third-order valence-corrected chi connectivity index (χ3v) is 2.35. The molecule has 14 heavy (non-hydrogen) atoms. The lowest BCUT2D eigenvalue weighted by atomic mass is 10.0. The van der Waals surface area contributed by atoms with Gasteiger partial charge in [0.2, 0.25) is 0 Å². The second kappa shape index (κ2) is 9.09. The molecule has 82 valence electrons. The normalized spacial score (nSPS) is 12.8. The minimum atomic E-state index is 0.586. The van der Waals surface area contributed by atoms with Crippen molar-refractivity contribution >= 4 is 0 Å². The second-order valence-electron chi connectivity index (χ2n) is 4.26. The predicted octanol–water partition coefficient (Wildman–Crippen LogP) is 3.35. The Morgan fingerprint density at radius 1 is 1.21 bits per heavy atom. The molecule has 0 fully saturated rings. The zero-order valence-corrected chi connectivity index (χ0v) is 9.97. The van der Waals surface area contributed by atoms with Crippen molar-refractivity contribution in [1.29, 1.82) is 0 Å². The molecule has 0 aliphatic heterocycles. The van der Waals surface area contributed by atoms with Gasteiger partial charge in [-0.15, -0.1) is 12.3 Å². The van der Waals surface area contributed by atoms with Crippen molar-refractivity contribution in [1.82, 2.24) is 5.32 Å². The number of unbranched alkanes of at least 4 members (excludes halogenated alkanes) is 2. The summed E-state index contributed by atoms with van der Waals surface area (Å²) in [6, 6.07) is 1.26. The Hall–Kier alpha value is -0.480. The molecule has 0 amide bonds. The molecule has 1 unspecified atom stereocenters. The van der Waals surface area contributed by atoms with Crippen LogP contribution < -0.4 is 5.32 Å². The molecule has 1 atom stereocenters. The minimum absolute atomic E-state index is 0.586. The van der Waals surface area contributed by atoms with Crippen LogP contribution in [0.25, 0.3) is 0 Å². The number of nitrogens with one attached hydrogen (secondary N) is 1. The Kier molecular flexibility index (Phi) is 8.78. The number of hydrogen-bond donors (Lipinski definition) is 1. The first-order valence-electron chi connectivity index (χ1n) is 5.90. The molecule has 0 spiro atoms. The smallest absolute Gasteiger partial charge is 0.00866 e. The van der Waals surface area contributed by atoms with Gasteiger partial charge in [-0.3, -0.25) is 0 Å². The number of hydrogen-bond acceptors (Lipinski definition) is 1. The molecule has 1 nitrogen and oxygen atoms in total. The average Bonchev–Trinajstić information content (AvgIpc) is 2.13. The zero-order valence-electron chi connectivity index (χ0n) is 9.97. The van der Waals surface area contributed by atoms with Crippen LogP contribution in [0.3, 0.4) is 0 Å². The maximum Gasteiger partial charge on any atom is 0.00866 e. The van der Waals surface area contributed by atoms with E-state index < -0.39 is 0 Å². The molecule has 0 rings (SSSR count). The highest BCUT2D eigenvalue weighted by molar-refractivity contribution is 4.84. The summed E-state index contributed by atoms with van der Waals surface area (Å²) in [6.45, 7) is 6.66. The molecule has 1 heteroatoms. The van der Waals surface area contributed by atoms with Crippen LogP contribution >= 0.6 is 0 Å². The Balaban J connectivity index is 3.67. The molecule has 1 N–H and O–H groups in total. The van der Waals surface area contributed by atoms with Crippen LogP contribution in [0.2, 0.25) is 0 Å². The molecule has 0 saturated carbocycles. The summed E-state index contributed by atoms with van der Waals surface area (Å²) in [5.74, 6) is 2.70. The summed E-state index contributed by atoms with van der Waals surface area (Å²) < 4.78 is 0. The first-order chi connectivity index (χ1) is 6.70. The minimum Gasteiger partial charge on any atom is -0.312 e. The third-order valence-electron chi connectivity index (χ3n) is 2.35. The fourth-order valence-corrected chi connectivity index (χ4v) is 1.68. The molecule has 0 aromatic carbocycles. The van der Waals surface area contributed by atoms with E-state index in [9.17, 15) is 0 Å². The van der Waals surface area contributed by atoms with Crippen molar-refractivity contribution in [3.05, 3.63) is 0 Å². The molecule has 0 bridgehead atoms. The molecule has 0 aliphatic carbocycles. The highest BCUT2D eigenvalue weighted by Crippen LogP contribution is 2.09. The van der Waals surface area contributed by atoms with Crippen LogP contribution in [0.15, 0.2) is 0 Å². The Morgan fingerprint density at radius 2 is 1.86 bits per heavy atom. The summed E-state index contributed by atoms with van der Waals surface area (Å²) >= 11 is 0. The molecule has 0 saturated heterocycles. The summed E-state index contributed by atoms with van der Waals surface area (Å²) in [7, 11) is 0. The van der Waals surface area contributed by atoms with Crippen molar-refractivity contribution in [3.63, 3.8) is 0 Å². The van der Waals surface area contributed by atoms with E-state index in [1.165, 1.54) is 25.7 Å². The maximum absolute atomic E-state index is 5.25. The van der Waals surface area contributed by atoms with Gasteiger partial charge in [-0.05, 0) is 19.3 Å². The van der Waals surface area contributed by atoms with E-state index in [1.807, 2.05) is 0 Å². The predicted molar refractivity (Wildman–Crippen MR) is 64.3 cm³/mol. The summed E-state index contributed by atoms with van der Waals surface area (Å²) in [5.41, 5.74) is 0. The number of rotatable bonds is 8. The van der Waals surface area contributed by atoms with Crippen molar-refractivity contribution in [2.45, 2.75) is 71.4 Å². The second-order valence-corrected chi connectivity index (χ2v) is 4.26. The van der Waals surface area contributed by atoms with Crippen LogP contribution in [0.4, 0.5) is 0 Å². The summed E-state index contributed by atoms with van der Waals surface area (Å²) in [4.78, 5) is 0. The van der Waals surface area contributed by atoms with Gasteiger partial charge in [0.05, 0.1) is 0 Å². The van der Waals surface area contributed by atoms with E-state index >= 15 is 0 Å². The SMILES string of the molecule is C#CCCCC(CCCC)NC(C)C. The van der Waals surface area contributed by atoms with Crippen LogP contribution in [0.1, 0.15) is 59.3 Å². The van der Waals surface area contributed by atoms with E-state index in [4.69, 9.17) is 6.42 Å². The summed E-state index contributed by atoms with van der Waals surface area (Å²) in [5, 5.41) is 3.60. The lowest BCUT2D eigenvalue weighted by Gasteiger charge is -2.20. The topological polar surface area (TPSA) is 12.0 Å². The Bertz CT molecular complexity index is 155. The van der Waals surface area contributed by atoms with Crippen LogP contribution in [0.5, 0.6) is 0 Å². The lowest BCUT2D eigenvalue weighted by Crippen LogP contribution is -2.34. The molecular formula is C13H25N. The van der Waals surface area contributed by atoms with Crippen molar-refractivity contribution in [2.75, 3.05) is 0 Å². The van der Waals surface area contributed by atoms with Crippen LogP contribution in [-0.2, 0) is 0 Å². The largest absolute Gasteiger partial charge is 0.312 e. The van der Waals surface area contributed by atoms with Gasteiger partial charge in [0, 0.05) is 18.5 Å². The highest BCUT2D eigenvalue weighted by Gasteiger charge is 2.08. The van der Waals surface area contributed by atoms with Gasteiger partial charge in [0.25, 0.3) is 0 Å². The molecule has 0 heterocycles. The fourth-order valence-electron chi connectivity index (χ4n) is 1.68. The van der Waals surface area contributed by atoms with Crippen molar-refractivity contribution < 1.29 is 0 Å². The van der Waals surface area contributed by atoms with Crippen molar-refractivity contribution in [3.8, 4) is 12.3 Å². The first kappa shape index (κ1) is 13.5. The maximum atomic E-state index is 5.25. The third kappa shape index (κ3) is 8.13. The first-order valence-corrected chi connectivity index (χ1v) is 5.90. The van der Waals surface area contributed by atoms with E-state index in [1.54, 1.807) is 0 Å². The van der Waals surface area contributed by atoms with Crippen LogP contribution in [0, 0.1) is 12.3 Å². The fraction of sp³-hybridized carbons (Fsp3) is 0.846. The molecular weight excluding hydrogens is 170 g/mol. The van der Waals surface area contributed by atoms with Crippen molar-refractivity contribution in [2.24, 2.45) is 0 Å². The van der Waals surface area contributed by atoms with E-state index in [0.29, 0.717) is 12.1 Å². The number of terminal acetylenes is 1. The van der Waals surface area contributed by atoms with E-state index in [2.05, 4.69) is 32.0 Å². The van der Waals surface area contributed by atoms with Gasteiger partial charge < -0.3 is 5.32 Å². The van der Waals surface area contributed by atoms with Gasteiger partial charge in [0.1, 0.15) is 0 Å². The van der Waals surface area contributed by atoms with Gasteiger partial charge in [0.15, 0.2) is 0 Å². The van der Waals surface area contributed by atoms with Crippen LogP contribution in [-0.4, -0.2) is 12.1 Å². The van der Waals surface area contributed by atoms with Gasteiger partial charge >= 0.3 is 0 Å². The molecule has 0 aromatic rings. The average molecular weight is 195 g/mol. The standard InChI is InChI=1S/C13H25N/c1-5-7-9-11-13(10-8-6-2)14-12(3)4/h1,12-14H,6-11H2,2-4H3. The van der Waals surface area contributed by atoms with Gasteiger partial charge in [-0.2, -0.15) is 0 Å².